The van der Waals surface area contributed by atoms with Gasteiger partial charge in [0.05, 0.1) is 0 Å². The van der Waals surface area contributed by atoms with Gasteiger partial charge in [-0.1, -0.05) is 13.8 Å². The molecule has 1 atom stereocenters. The Hall–Kier alpha value is -1.59. The summed E-state index contributed by atoms with van der Waals surface area (Å²) >= 11 is 0. The van der Waals surface area contributed by atoms with Crippen molar-refractivity contribution < 1.29 is 9.59 Å². The molecule has 4 N–H and O–H groups in total. The molecule has 1 unspecified atom stereocenters. The lowest BCUT2D eigenvalue weighted by Crippen LogP contribution is -2.41. The summed E-state index contributed by atoms with van der Waals surface area (Å²) in [6.07, 6.45) is 2.81. The first-order chi connectivity index (χ1) is 10.5. The summed E-state index contributed by atoms with van der Waals surface area (Å²) in [6, 6.07) is 6.95. The van der Waals surface area contributed by atoms with E-state index in [9.17, 15) is 9.59 Å². The van der Waals surface area contributed by atoms with Crippen molar-refractivity contribution in [1.29, 1.82) is 0 Å². The van der Waals surface area contributed by atoms with Gasteiger partial charge in [0, 0.05) is 29.8 Å². The Morgan fingerprint density at radius 3 is 2.30 bits per heavy atom. The Labute approximate surface area is 143 Å². The second kappa shape index (κ2) is 8.89. The van der Waals surface area contributed by atoms with Crippen molar-refractivity contribution in [3.63, 3.8) is 0 Å². The van der Waals surface area contributed by atoms with Crippen LogP contribution in [0.2, 0.25) is 0 Å². The van der Waals surface area contributed by atoms with Gasteiger partial charge in [0.2, 0.25) is 5.91 Å². The van der Waals surface area contributed by atoms with Crippen LogP contribution in [0.4, 0.5) is 5.69 Å². The molecule has 1 aromatic rings. The molecule has 0 spiro atoms. The van der Waals surface area contributed by atoms with Gasteiger partial charge in [0.1, 0.15) is 0 Å². The minimum Gasteiger partial charge on any atom is -0.348 e. The Balaban J connectivity index is 0.00000264. The van der Waals surface area contributed by atoms with Gasteiger partial charge < -0.3 is 16.4 Å². The largest absolute Gasteiger partial charge is 0.348 e. The number of rotatable bonds is 7. The van der Waals surface area contributed by atoms with E-state index in [-0.39, 0.29) is 36.2 Å². The summed E-state index contributed by atoms with van der Waals surface area (Å²) in [5.74, 6) is 0.590. The number of nitrogens with two attached hydrogens (primary N) is 1. The van der Waals surface area contributed by atoms with E-state index in [2.05, 4.69) is 24.5 Å². The first-order valence-corrected chi connectivity index (χ1v) is 7.91. The normalized spacial score (nSPS) is 14.8. The molecule has 0 aromatic heterocycles. The third kappa shape index (κ3) is 6.20. The van der Waals surface area contributed by atoms with Crippen molar-refractivity contribution >= 4 is 29.9 Å². The predicted molar refractivity (Wildman–Crippen MR) is 94.8 cm³/mol. The molecular formula is C17H26ClN3O2. The molecule has 23 heavy (non-hydrogen) atoms. The molecule has 0 bridgehead atoms. The number of halogens is 1. The molecule has 5 nitrogen and oxygen atoms in total. The lowest BCUT2D eigenvalue weighted by molar-refractivity contribution is -0.117. The van der Waals surface area contributed by atoms with Crippen LogP contribution in [0.15, 0.2) is 24.3 Å². The second-order valence-electron chi connectivity index (χ2n) is 6.38. The molecular weight excluding hydrogens is 314 g/mol. The molecule has 1 aliphatic carbocycles. The number of carbonyl (C=O) groups is 2. The summed E-state index contributed by atoms with van der Waals surface area (Å²) in [5.41, 5.74) is 7.00. The van der Waals surface area contributed by atoms with Gasteiger partial charge in [-0.25, -0.2) is 0 Å². The molecule has 1 saturated carbocycles. The van der Waals surface area contributed by atoms with E-state index in [0.717, 1.165) is 24.9 Å². The summed E-state index contributed by atoms with van der Waals surface area (Å²) in [5, 5.41) is 5.81. The highest BCUT2D eigenvalue weighted by Crippen LogP contribution is 2.30. The first kappa shape index (κ1) is 19.5. The number of hydrogen-bond donors (Lipinski definition) is 3. The molecule has 6 heteroatoms. The van der Waals surface area contributed by atoms with Gasteiger partial charge in [0.25, 0.3) is 5.91 Å². The van der Waals surface area contributed by atoms with E-state index < -0.39 is 0 Å². The zero-order valence-corrected chi connectivity index (χ0v) is 14.5. The average molecular weight is 340 g/mol. The van der Waals surface area contributed by atoms with Gasteiger partial charge in [-0.3, -0.25) is 9.59 Å². The Morgan fingerprint density at radius 1 is 1.22 bits per heavy atom. The Bertz CT molecular complexity index is 527. The lowest BCUT2D eigenvalue weighted by atomic mass is 10.0. The molecule has 128 valence electrons. The molecule has 0 heterocycles. The maximum absolute atomic E-state index is 12.2. The number of hydrogen-bond acceptors (Lipinski definition) is 3. The number of benzene rings is 1. The van der Waals surface area contributed by atoms with Crippen LogP contribution in [-0.4, -0.2) is 24.4 Å². The van der Waals surface area contributed by atoms with Crippen LogP contribution in [0.1, 0.15) is 43.5 Å². The van der Waals surface area contributed by atoms with E-state index in [0.29, 0.717) is 18.0 Å². The van der Waals surface area contributed by atoms with Crippen LogP contribution in [0, 0.1) is 11.8 Å². The zero-order chi connectivity index (χ0) is 16.1. The first-order valence-electron chi connectivity index (χ1n) is 7.91. The topological polar surface area (TPSA) is 84.2 Å². The molecule has 1 aliphatic rings. The smallest absolute Gasteiger partial charge is 0.251 e. The van der Waals surface area contributed by atoms with Crippen molar-refractivity contribution in [2.24, 2.45) is 17.6 Å². The number of carbonyl (C=O) groups excluding carboxylic acids is 2. The molecule has 0 aliphatic heterocycles. The number of anilines is 1. The third-order valence-corrected chi connectivity index (χ3v) is 3.74. The standard InChI is InChI=1S/C17H25N3O2.ClH/c1-11(2)9-15(10-18)20-17(22)13-5-7-14(8-6-13)19-16(21)12-3-4-12;/h5-8,11-12,15H,3-4,9-10,18H2,1-2H3,(H,19,21)(H,20,22);1H. The maximum Gasteiger partial charge on any atom is 0.251 e. The van der Waals surface area contributed by atoms with E-state index in [1.54, 1.807) is 24.3 Å². The summed E-state index contributed by atoms with van der Waals surface area (Å²) in [6.45, 7) is 4.64. The van der Waals surface area contributed by atoms with Crippen LogP contribution in [-0.2, 0) is 4.79 Å². The molecule has 0 saturated heterocycles. The fourth-order valence-corrected chi connectivity index (χ4v) is 2.35. The van der Waals surface area contributed by atoms with Crippen molar-refractivity contribution in [1.82, 2.24) is 5.32 Å². The monoisotopic (exact) mass is 339 g/mol. The van der Waals surface area contributed by atoms with Crippen LogP contribution >= 0.6 is 12.4 Å². The van der Waals surface area contributed by atoms with Crippen LogP contribution < -0.4 is 16.4 Å². The van der Waals surface area contributed by atoms with Gasteiger partial charge in [-0.2, -0.15) is 0 Å². The van der Waals surface area contributed by atoms with Gasteiger partial charge in [0.15, 0.2) is 0 Å². The minimum atomic E-state index is -0.129. The fourth-order valence-electron chi connectivity index (χ4n) is 2.35. The molecule has 0 radical (unpaired) electrons. The fraction of sp³-hybridized carbons (Fsp3) is 0.529. The van der Waals surface area contributed by atoms with E-state index in [1.165, 1.54) is 0 Å². The molecule has 1 fully saturated rings. The van der Waals surface area contributed by atoms with E-state index in [1.807, 2.05) is 0 Å². The van der Waals surface area contributed by atoms with Crippen molar-refractivity contribution in [2.45, 2.75) is 39.2 Å². The van der Waals surface area contributed by atoms with Gasteiger partial charge in [-0.05, 0) is 49.4 Å². The Kier molecular flexibility index (Phi) is 7.52. The van der Waals surface area contributed by atoms with Crippen molar-refractivity contribution in [3.8, 4) is 0 Å². The average Bonchev–Trinajstić information content (AvgIpc) is 3.31. The predicted octanol–water partition coefficient (Wildman–Crippen LogP) is 2.56. The Morgan fingerprint density at radius 2 is 1.83 bits per heavy atom. The quantitative estimate of drug-likeness (QED) is 0.713. The van der Waals surface area contributed by atoms with Crippen LogP contribution in [0.3, 0.4) is 0 Å². The van der Waals surface area contributed by atoms with Gasteiger partial charge in [-0.15, -0.1) is 12.4 Å². The van der Waals surface area contributed by atoms with Crippen LogP contribution in [0.5, 0.6) is 0 Å². The minimum absolute atomic E-state index is 0. The molecule has 2 amide bonds. The van der Waals surface area contributed by atoms with Crippen molar-refractivity contribution in [3.05, 3.63) is 29.8 Å². The zero-order valence-electron chi connectivity index (χ0n) is 13.7. The highest BCUT2D eigenvalue weighted by Gasteiger charge is 2.29. The maximum atomic E-state index is 12.2. The highest BCUT2D eigenvalue weighted by atomic mass is 35.5. The molecule has 1 aromatic carbocycles. The summed E-state index contributed by atoms with van der Waals surface area (Å²) in [4.78, 5) is 23.9. The third-order valence-electron chi connectivity index (χ3n) is 3.74. The number of nitrogens with one attached hydrogen (secondary N) is 2. The number of amides is 2. The summed E-state index contributed by atoms with van der Waals surface area (Å²) in [7, 11) is 0. The highest BCUT2D eigenvalue weighted by molar-refractivity contribution is 5.96. The lowest BCUT2D eigenvalue weighted by Gasteiger charge is -2.18. The second-order valence-corrected chi connectivity index (χ2v) is 6.38. The van der Waals surface area contributed by atoms with E-state index >= 15 is 0 Å². The summed E-state index contributed by atoms with van der Waals surface area (Å²) < 4.78 is 0. The van der Waals surface area contributed by atoms with Gasteiger partial charge >= 0.3 is 0 Å². The van der Waals surface area contributed by atoms with Crippen molar-refractivity contribution in [2.75, 3.05) is 11.9 Å². The van der Waals surface area contributed by atoms with Crippen LogP contribution in [0.25, 0.3) is 0 Å². The molecule has 2 rings (SSSR count). The van der Waals surface area contributed by atoms with E-state index in [4.69, 9.17) is 5.73 Å². The SMILES string of the molecule is CC(C)CC(CN)NC(=O)c1ccc(NC(=O)C2CC2)cc1.Cl.